The first-order chi connectivity index (χ1) is 15.6. The molecule has 0 bridgehead atoms. The minimum Gasteiger partial charge on any atom is -0.324 e. The van der Waals surface area contributed by atoms with Crippen molar-refractivity contribution in [3.8, 4) is 11.1 Å². The summed E-state index contributed by atoms with van der Waals surface area (Å²) in [5.41, 5.74) is 3.72. The fraction of sp³-hybridized carbons (Fsp3) is 0.240. The Morgan fingerprint density at radius 2 is 1.76 bits per heavy atom. The standard InChI is InChI=1S/C25H23F3N4O/c1-15-9-22-23(12-20(15)25(26,27)28)31-24(33)13-21(30-22)18-6-4-5-16(10-18)17-7-8-29-19(11-17)14-32(2)3/h4-12H,13-14H2,1-3H3,(H,31,33). The number of hydrogen-bond acceptors (Lipinski definition) is 4. The molecule has 2 aromatic carbocycles. The smallest absolute Gasteiger partial charge is 0.324 e. The molecule has 0 fully saturated rings. The van der Waals surface area contributed by atoms with Crippen LogP contribution in [0.25, 0.3) is 11.1 Å². The van der Waals surface area contributed by atoms with Crippen molar-refractivity contribution in [2.24, 2.45) is 4.99 Å². The van der Waals surface area contributed by atoms with E-state index in [2.05, 4.69) is 15.3 Å². The highest BCUT2D eigenvalue weighted by molar-refractivity contribution is 6.17. The monoisotopic (exact) mass is 452 g/mol. The fourth-order valence-corrected chi connectivity index (χ4v) is 3.84. The zero-order valence-corrected chi connectivity index (χ0v) is 18.5. The van der Waals surface area contributed by atoms with Gasteiger partial charge in [0.15, 0.2) is 0 Å². The number of aliphatic imine (C=N–C) groups is 1. The van der Waals surface area contributed by atoms with Crippen molar-refractivity contribution in [3.63, 3.8) is 0 Å². The summed E-state index contributed by atoms with van der Waals surface area (Å²) in [7, 11) is 3.95. The molecule has 0 atom stereocenters. The number of amides is 1. The Bertz CT molecular complexity index is 1250. The highest BCUT2D eigenvalue weighted by Gasteiger charge is 2.34. The minimum absolute atomic E-state index is 0.0409. The lowest BCUT2D eigenvalue weighted by Gasteiger charge is -2.13. The molecule has 1 N–H and O–H groups in total. The third-order valence-corrected chi connectivity index (χ3v) is 5.33. The van der Waals surface area contributed by atoms with E-state index in [0.717, 1.165) is 28.5 Å². The van der Waals surface area contributed by atoms with E-state index < -0.39 is 17.6 Å². The maximum Gasteiger partial charge on any atom is 0.416 e. The van der Waals surface area contributed by atoms with Crippen LogP contribution in [0.3, 0.4) is 0 Å². The van der Waals surface area contributed by atoms with Crippen molar-refractivity contribution in [1.29, 1.82) is 0 Å². The van der Waals surface area contributed by atoms with Crippen LogP contribution in [0.5, 0.6) is 0 Å². The number of hydrogen-bond donors (Lipinski definition) is 1. The van der Waals surface area contributed by atoms with Gasteiger partial charge in [0.1, 0.15) is 0 Å². The Hall–Kier alpha value is -3.52. The Morgan fingerprint density at radius 1 is 1.03 bits per heavy atom. The van der Waals surface area contributed by atoms with Gasteiger partial charge in [-0.1, -0.05) is 18.2 Å². The number of benzene rings is 2. The Kier molecular flexibility index (Phi) is 6.03. The molecule has 1 aromatic heterocycles. The molecule has 33 heavy (non-hydrogen) atoms. The van der Waals surface area contributed by atoms with Crippen molar-refractivity contribution in [3.05, 3.63) is 77.1 Å². The molecule has 2 heterocycles. The van der Waals surface area contributed by atoms with Gasteiger partial charge in [0, 0.05) is 12.7 Å². The van der Waals surface area contributed by atoms with Gasteiger partial charge in [-0.25, -0.2) is 0 Å². The maximum absolute atomic E-state index is 13.3. The number of pyridine rings is 1. The van der Waals surface area contributed by atoms with Gasteiger partial charge in [0.25, 0.3) is 0 Å². The lowest BCUT2D eigenvalue weighted by Crippen LogP contribution is -2.15. The quantitative estimate of drug-likeness (QED) is 0.561. The van der Waals surface area contributed by atoms with Crippen LogP contribution in [0.4, 0.5) is 24.5 Å². The van der Waals surface area contributed by atoms with Crippen LogP contribution in [-0.2, 0) is 17.5 Å². The van der Waals surface area contributed by atoms with Gasteiger partial charge < -0.3 is 10.2 Å². The van der Waals surface area contributed by atoms with E-state index >= 15 is 0 Å². The molecule has 5 nitrogen and oxygen atoms in total. The predicted molar refractivity (Wildman–Crippen MR) is 123 cm³/mol. The molecule has 0 unspecified atom stereocenters. The fourth-order valence-electron chi connectivity index (χ4n) is 3.84. The maximum atomic E-state index is 13.3. The molecule has 1 amide bonds. The second-order valence-corrected chi connectivity index (χ2v) is 8.32. The largest absolute Gasteiger partial charge is 0.416 e. The minimum atomic E-state index is -4.51. The van der Waals surface area contributed by atoms with E-state index in [4.69, 9.17) is 0 Å². The molecule has 0 saturated carbocycles. The van der Waals surface area contributed by atoms with Crippen molar-refractivity contribution in [2.75, 3.05) is 19.4 Å². The second kappa shape index (κ2) is 8.78. The molecule has 3 aromatic rings. The topological polar surface area (TPSA) is 57.6 Å². The average molecular weight is 452 g/mol. The average Bonchev–Trinajstić information content (AvgIpc) is 2.90. The summed E-state index contributed by atoms with van der Waals surface area (Å²) in [6.07, 6.45) is -2.79. The Labute approximate surface area is 190 Å². The normalized spacial score (nSPS) is 13.9. The summed E-state index contributed by atoms with van der Waals surface area (Å²) in [6, 6.07) is 13.9. The van der Waals surface area contributed by atoms with Gasteiger partial charge in [0.2, 0.25) is 5.91 Å². The van der Waals surface area contributed by atoms with Crippen LogP contribution >= 0.6 is 0 Å². The third kappa shape index (κ3) is 5.12. The van der Waals surface area contributed by atoms with Crippen LogP contribution in [-0.4, -0.2) is 35.6 Å². The number of rotatable bonds is 4. The zero-order valence-electron chi connectivity index (χ0n) is 18.5. The molecule has 1 aliphatic heterocycles. The lowest BCUT2D eigenvalue weighted by molar-refractivity contribution is -0.138. The molecule has 0 spiro atoms. The highest BCUT2D eigenvalue weighted by Crippen LogP contribution is 2.39. The molecular formula is C25H23F3N4O. The number of aromatic nitrogens is 1. The first-order valence-corrected chi connectivity index (χ1v) is 10.4. The number of anilines is 1. The molecule has 0 radical (unpaired) electrons. The molecular weight excluding hydrogens is 429 g/mol. The van der Waals surface area contributed by atoms with Crippen LogP contribution in [0, 0.1) is 6.92 Å². The Morgan fingerprint density at radius 3 is 2.48 bits per heavy atom. The summed E-state index contributed by atoms with van der Waals surface area (Å²) in [4.78, 5) is 23.5. The molecule has 170 valence electrons. The van der Waals surface area contributed by atoms with Crippen molar-refractivity contribution < 1.29 is 18.0 Å². The number of alkyl halides is 3. The van der Waals surface area contributed by atoms with Gasteiger partial charge in [-0.05, 0) is 73.6 Å². The van der Waals surface area contributed by atoms with Crippen LogP contribution < -0.4 is 5.32 Å². The number of nitrogens with one attached hydrogen (secondary N) is 1. The summed E-state index contributed by atoms with van der Waals surface area (Å²) in [5.74, 6) is -0.410. The van der Waals surface area contributed by atoms with Crippen LogP contribution in [0.15, 0.2) is 59.7 Å². The van der Waals surface area contributed by atoms with E-state index in [0.29, 0.717) is 17.9 Å². The molecule has 4 rings (SSSR count). The van der Waals surface area contributed by atoms with E-state index in [1.165, 1.54) is 13.0 Å². The summed E-state index contributed by atoms with van der Waals surface area (Å²) >= 11 is 0. The summed E-state index contributed by atoms with van der Waals surface area (Å²) in [6.45, 7) is 2.09. The van der Waals surface area contributed by atoms with E-state index in [1.54, 1.807) is 6.20 Å². The van der Waals surface area contributed by atoms with Crippen LogP contribution in [0.1, 0.15) is 28.8 Å². The number of carbonyl (C=O) groups is 1. The number of nitrogens with zero attached hydrogens (tertiary/aromatic N) is 3. The highest BCUT2D eigenvalue weighted by atomic mass is 19.4. The molecule has 0 aliphatic carbocycles. The van der Waals surface area contributed by atoms with E-state index in [1.807, 2.05) is 55.4 Å². The first kappa shape index (κ1) is 22.7. The summed E-state index contributed by atoms with van der Waals surface area (Å²) < 4.78 is 39.9. The number of halogens is 3. The predicted octanol–water partition coefficient (Wildman–Crippen LogP) is 5.60. The number of fused-ring (bicyclic) bond motifs is 1. The van der Waals surface area contributed by atoms with Gasteiger partial charge in [-0.2, -0.15) is 13.2 Å². The molecule has 1 aliphatic rings. The van der Waals surface area contributed by atoms with Crippen molar-refractivity contribution >= 4 is 23.0 Å². The van der Waals surface area contributed by atoms with Gasteiger partial charge in [-0.15, -0.1) is 0 Å². The SMILES string of the molecule is Cc1cc2c(cc1C(F)(F)F)NC(=O)CC(c1cccc(-c3ccnc(CN(C)C)c3)c1)=N2. The van der Waals surface area contributed by atoms with Gasteiger partial charge in [-0.3, -0.25) is 14.8 Å². The van der Waals surface area contributed by atoms with E-state index in [-0.39, 0.29) is 17.7 Å². The third-order valence-electron chi connectivity index (χ3n) is 5.33. The molecule has 0 saturated heterocycles. The number of aryl methyl sites for hydroxylation is 1. The van der Waals surface area contributed by atoms with E-state index in [9.17, 15) is 18.0 Å². The lowest BCUT2D eigenvalue weighted by atomic mass is 9.99. The summed E-state index contributed by atoms with van der Waals surface area (Å²) in [5, 5.41) is 2.57. The van der Waals surface area contributed by atoms with Crippen molar-refractivity contribution in [1.82, 2.24) is 9.88 Å². The number of carbonyl (C=O) groups excluding carboxylic acids is 1. The second-order valence-electron chi connectivity index (χ2n) is 8.32. The zero-order chi connectivity index (χ0) is 23.8. The molecule has 8 heteroatoms. The first-order valence-electron chi connectivity index (χ1n) is 10.4. The van der Waals surface area contributed by atoms with Crippen LogP contribution in [0.2, 0.25) is 0 Å². The van der Waals surface area contributed by atoms with Gasteiger partial charge >= 0.3 is 6.18 Å². The van der Waals surface area contributed by atoms with Gasteiger partial charge in [0.05, 0.1) is 34.8 Å². The Balaban J connectivity index is 1.74. The van der Waals surface area contributed by atoms with Crippen molar-refractivity contribution in [2.45, 2.75) is 26.1 Å².